The number of hydrogen-bond donors (Lipinski definition) is 2. The smallest absolute Gasteiger partial charge is 0.271 e. The van der Waals surface area contributed by atoms with E-state index in [-0.39, 0.29) is 17.2 Å². The normalized spacial score (nSPS) is 19.0. The monoisotopic (exact) mass is 499 g/mol. The number of nitrogens with two attached hydrogens (primary N) is 2. The number of piperidine rings is 1. The van der Waals surface area contributed by atoms with Crippen molar-refractivity contribution in [3.63, 3.8) is 0 Å². The minimum atomic E-state index is -0.609. The quantitative estimate of drug-likeness (QED) is 0.530. The highest BCUT2D eigenvalue weighted by molar-refractivity contribution is 7.99. The van der Waals surface area contributed by atoms with Crippen LogP contribution in [0.5, 0.6) is 0 Å². The molecular formula is C24H23Cl2N5OS. The highest BCUT2D eigenvalue weighted by Gasteiger charge is 2.46. The minimum absolute atomic E-state index is 0.0266. The average molecular weight is 500 g/mol. The third-order valence-electron chi connectivity index (χ3n) is 6.75. The first-order valence-corrected chi connectivity index (χ1v) is 12.3. The Balaban J connectivity index is 1.36. The van der Waals surface area contributed by atoms with Gasteiger partial charge in [0, 0.05) is 24.0 Å². The third-order valence-corrected chi connectivity index (χ3v) is 8.64. The Morgan fingerprint density at radius 2 is 1.88 bits per heavy atom. The molecular weight excluding hydrogens is 477 g/mol. The summed E-state index contributed by atoms with van der Waals surface area (Å²) in [6.45, 7) is 1.48. The highest BCUT2D eigenvalue weighted by Crippen LogP contribution is 2.51. The topological polar surface area (TPSA) is 98.1 Å². The molecule has 1 saturated heterocycles. The van der Waals surface area contributed by atoms with Crippen molar-refractivity contribution < 1.29 is 4.79 Å². The summed E-state index contributed by atoms with van der Waals surface area (Å²) in [7, 11) is 0. The van der Waals surface area contributed by atoms with E-state index in [0.717, 1.165) is 37.2 Å². The maximum Gasteiger partial charge on any atom is 0.271 e. The number of primary amides is 1. The number of rotatable bonds is 4. The molecule has 1 aliphatic carbocycles. The first-order chi connectivity index (χ1) is 15.9. The van der Waals surface area contributed by atoms with Crippen LogP contribution in [-0.2, 0) is 6.42 Å². The minimum Gasteiger partial charge on any atom is -0.364 e. The fourth-order valence-electron chi connectivity index (χ4n) is 4.96. The standard InChI is InChI=1S/C24H23Cl2N5OS/c25-16-6-3-7-17(19(16)26)33-18-13-29-23(20(30-18)22(28)32)31-10-8-24(9-11-31)12-14-4-1-2-5-15(14)21(24)27/h1-7,13,21H,8-12,27H2,(H2,28,32). The summed E-state index contributed by atoms with van der Waals surface area (Å²) >= 11 is 13.7. The first kappa shape index (κ1) is 22.5. The summed E-state index contributed by atoms with van der Waals surface area (Å²) < 4.78 is 0. The van der Waals surface area contributed by atoms with Crippen molar-refractivity contribution >= 4 is 46.7 Å². The van der Waals surface area contributed by atoms with Crippen molar-refractivity contribution in [1.82, 2.24) is 9.97 Å². The SMILES string of the molecule is NC(=O)c1nc(Sc2cccc(Cl)c2Cl)cnc1N1CCC2(CC1)Cc1ccccc1C2N. The Hall–Kier alpha value is -2.32. The highest BCUT2D eigenvalue weighted by atomic mass is 35.5. The van der Waals surface area contributed by atoms with E-state index in [9.17, 15) is 4.79 Å². The number of halogens is 2. The molecule has 2 heterocycles. The summed E-state index contributed by atoms with van der Waals surface area (Å²) in [5.74, 6) is -0.0922. The largest absolute Gasteiger partial charge is 0.364 e. The molecule has 1 aromatic heterocycles. The van der Waals surface area contributed by atoms with Crippen LogP contribution in [0.15, 0.2) is 58.6 Å². The molecule has 1 fully saturated rings. The summed E-state index contributed by atoms with van der Waals surface area (Å²) in [6.07, 6.45) is 4.46. The number of nitrogens with zero attached hydrogens (tertiary/aromatic N) is 3. The number of amides is 1. The van der Waals surface area contributed by atoms with Crippen LogP contribution in [0.4, 0.5) is 5.82 Å². The van der Waals surface area contributed by atoms with Crippen molar-refractivity contribution in [2.24, 2.45) is 16.9 Å². The molecule has 33 heavy (non-hydrogen) atoms. The average Bonchev–Trinajstić information content (AvgIpc) is 3.09. The lowest BCUT2D eigenvalue weighted by Crippen LogP contribution is -2.45. The van der Waals surface area contributed by atoms with Crippen LogP contribution >= 0.6 is 35.0 Å². The second-order valence-corrected chi connectivity index (χ2v) is 10.4. The molecule has 1 aliphatic heterocycles. The zero-order valence-corrected chi connectivity index (χ0v) is 20.1. The second-order valence-electron chi connectivity index (χ2n) is 8.60. The number of carbonyl (C=O) groups is 1. The van der Waals surface area contributed by atoms with Gasteiger partial charge >= 0.3 is 0 Å². The number of benzene rings is 2. The van der Waals surface area contributed by atoms with E-state index in [4.69, 9.17) is 34.7 Å². The third kappa shape index (κ3) is 4.08. The molecule has 4 N–H and O–H groups in total. The van der Waals surface area contributed by atoms with Gasteiger partial charge in [-0.05, 0) is 47.9 Å². The Labute approximate surface area is 206 Å². The van der Waals surface area contributed by atoms with Crippen LogP contribution < -0.4 is 16.4 Å². The Kier molecular flexibility index (Phi) is 5.99. The van der Waals surface area contributed by atoms with Crippen LogP contribution in [0.2, 0.25) is 10.0 Å². The van der Waals surface area contributed by atoms with E-state index in [1.807, 2.05) is 12.1 Å². The molecule has 0 saturated carbocycles. The molecule has 2 aromatic carbocycles. The van der Waals surface area contributed by atoms with Crippen LogP contribution in [0, 0.1) is 5.41 Å². The first-order valence-electron chi connectivity index (χ1n) is 10.7. The lowest BCUT2D eigenvalue weighted by atomic mass is 9.73. The van der Waals surface area contributed by atoms with Crippen molar-refractivity contribution in [1.29, 1.82) is 0 Å². The molecule has 3 aromatic rings. The van der Waals surface area contributed by atoms with Gasteiger partial charge < -0.3 is 16.4 Å². The maximum absolute atomic E-state index is 12.3. The number of carbonyl (C=O) groups excluding carboxylic acids is 1. The van der Waals surface area contributed by atoms with Crippen LogP contribution in [-0.4, -0.2) is 29.0 Å². The molecule has 1 amide bonds. The van der Waals surface area contributed by atoms with E-state index < -0.39 is 5.91 Å². The van der Waals surface area contributed by atoms with E-state index in [2.05, 4.69) is 39.1 Å². The molecule has 1 unspecified atom stereocenters. The van der Waals surface area contributed by atoms with E-state index >= 15 is 0 Å². The molecule has 5 rings (SSSR count). The van der Waals surface area contributed by atoms with Gasteiger partial charge in [-0.2, -0.15) is 0 Å². The van der Waals surface area contributed by atoms with Gasteiger partial charge in [0.1, 0.15) is 5.03 Å². The molecule has 170 valence electrons. The van der Waals surface area contributed by atoms with Crippen molar-refractivity contribution in [2.75, 3.05) is 18.0 Å². The Bertz CT molecular complexity index is 1230. The lowest BCUT2D eigenvalue weighted by molar-refractivity contribution is 0.0994. The molecule has 1 spiro atoms. The zero-order valence-electron chi connectivity index (χ0n) is 17.8. The summed E-state index contributed by atoms with van der Waals surface area (Å²) in [4.78, 5) is 24.2. The number of aromatic nitrogens is 2. The van der Waals surface area contributed by atoms with E-state index in [1.54, 1.807) is 12.3 Å². The van der Waals surface area contributed by atoms with Crippen molar-refractivity contribution in [2.45, 2.75) is 35.2 Å². The predicted molar refractivity (Wildman–Crippen MR) is 132 cm³/mol. The Morgan fingerprint density at radius 1 is 1.12 bits per heavy atom. The van der Waals surface area contributed by atoms with Crippen LogP contribution in [0.1, 0.15) is 40.5 Å². The van der Waals surface area contributed by atoms with Gasteiger partial charge in [0.05, 0.1) is 16.2 Å². The fraction of sp³-hybridized carbons (Fsp3) is 0.292. The Morgan fingerprint density at radius 3 is 2.61 bits per heavy atom. The second kappa shape index (κ2) is 8.80. The lowest BCUT2D eigenvalue weighted by Gasteiger charge is -2.42. The summed E-state index contributed by atoms with van der Waals surface area (Å²) in [5.41, 5.74) is 15.2. The van der Waals surface area contributed by atoms with Gasteiger partial charge in [0.2, 0.25) is 0 Å². The van der Waals surface area contributed by atoms with Gasteiger partial charge in [-0.1, -0.05) is 65.3 Å². The summed E-state index contributed by atoms with van der Waals surface area (Å²) in [5, 5.41) is 1.42. The van der Waals surface area contributed by atoms with Crippen LogP contribution in [0.25, 0.3) is 0 Å². The molecule has 0 radical (unpaired) electrons. The van der Waals surface area contributed by atoms with Gasteiger partial charge in [-0.25, -0.2) is 9.97 Å². The number of anilines is 1. The molecule has 0 bridgehead atoms. The molecule has 6 nitrogen and oxygen atoms in total. The van der Waals surface area contributed by atoms with Crippen LogP contribution in [0.3, 0.4) is 0 Å². The van der Waals surface area contributed by atoms with Gasteiger partial charge in [0.15, 0.2) is 11.5 Å². The van der Waals surface area contributed by atoms with Crippen molar-refractivity contribution in [3.8, 4) is 0 Å². The molecule has 9 heteroatoms. The number of fused-ring (bicyclic) bond motifs is 1. The van der Waals surface area contributed by atoms with E-state index in [1.165, 1.54) is 22.9 Å². The maximum atomic E-state index is 12.3. The van der Waals surface area contributed by atoms with Gasteiger partial charge in [-0.15, -0.1) is 0 Å². The summed E-state index contributed by atoms with van der Waals surface area (Å²) in [6, 6.07) is 13.8. The fourth-order valence-corrected chi connectivity index (χ4v) is 6.24. The predicted octanol–water partition coefficient (Wildman–Crippen LogP) is 4.88. The zero-order chi connectivity index (χ0) is 23.2. The number of hydrogen-bond acceptors (Lipinski definition) is 6. The molecule has 2 aliphatic rings. The molecule has 1 atom stereocenters. The van der Waals surface area contributed by atoms with Gasteiger partial charge in [-0.3, -0.25) is 4.79 Å². The van der Waals surface area contributed by atoms with Crippen molar-refractivity contribution in [3.05, 3.63) is 75.5 Å². The van der Waals surface area contributed by atoms with E-state index in [0.29, 0.717) is 20.9 Å². The van der Waals surface area contributed by atoms with Gasteiger partial charge in [0.25, 0.3) is 5.91 Å².